The lowest BCUT2D eigenvalue weighted by molar-refractivity contribution is 0.127. The molecular weight excluding hydrogens is 272 g/mol. The zero-order chi connectivity index (χ0) is 14.9. The van der Waals surface area contributed by atoms with Crippen molar-refractivity contribution in [3.63, 3.8) is 0 Å². The molecule has 1 fully saturated rings. The Balaban J connectivity index is 1.70. The van der Waals surface area contributed by atoms with Crippen LogP contribution in [0.15, 0.2) is 34.6 Å². The third-order valence-electron chi connectivity index (χ3n) is 3.23. The van der Waals surface area contributed by atoms with Crippen LogP contribution in [0.2, 0.25) is 0 Å². The average Bonchev–Trinajstić information content (AvgIpc) is 3.33. The van der Waals surface area contributed by atoms with Crippen molar-refractivity contribution < 1.29 is 19.9 Å². The van der Waals surface area contributed by atoms with Gasteiger partial charge in [0.25, 0.3) is 0 Å². The lowest BCUT2D eigenvalue weighted by Crippen LogP contribution is -2.13. The predicted molar refractivity (Wildman–Crippen MR) is 78.7 cm³/mol. The standard InChI is InChI=1S/C15H20N2O4/c18-16-9-14(17-19)11-21-15-5-3-12(4-6-15)7-8-20-10-13-1-2-13/h3-6,9,13,18-19H,1-2,7-8,10-11H2/b16-9+,17-14+. The first kappa shape index (κ1) is 15.3. The fourth-order valence-electron chi connectivity index (χ4n) is 1.79. The molecule has 1 aromatic carbocycles. The largest absolute Gasteiger partial charge is 0.487 e. The smallest absolute Gasteiger partial charge is 0.138 e. The molecule has 0 bridgehead atoms. The molecule has 0 heterocycles. The molecule has 0 radical (unpaired) electrons. The molecular formula is C15H20N2O4. The van der Waals surface area contributed by atoms with Crippen molar-refractivity contribution in [2.24, 2.45) is 16.2 Å². The van der Waals surface area contributed by atoms with Gasteiger partial charge >= 0.3 is 0 Å². The summed E-state index contributed by atoms with van der Waals surface area (Å²) in [6, 6.07) is 7.65. The summed E-state index contributed by atoms with van der Waals surface area (Å²) in [4.78, 5) is 0. The number of ether oxygens (including phenoxy) is 2. The summed E-state index contributed by atoms with van der Waals surface area (Å²) in [5, 5.41) is 22.7. The minimum absolute atomic E-state index is 0.0321. The first-order valence-corrected chi connectivity index (χ1v) is 6.99. The Morgan fingerprint density at radius 2 is 2.00 bits per heavy atom. The second kappa shape index (κ2) is 8.26. The fourth-order valence-corrected chi connectivity index (χ4v) is 1.79. The van der Waals surface area contributed by atoms with Gasteiger partial charge in [-0.2, -0.15) is 0 Å². The van der Waals surface area contributed by atoms with Crippen LogP contribution in [0.5, 0.6) is 5.75 Å². The third-order valence-corrected chi connectivity index (χ3v) is 3.23. The van der Waals surface area contributed by atoms with Crippen molar-refractivity contribution in [1.29, 1.82) is 0 Å². The van der Waals surface area contributed by atoms with E-state index in [-0.39, 0.29) is 12.3 Å². The Morgan fingerprint density at radius 1 is 1.24 bits per heavy atom. The van der Waals surface area contributed by atoms with E-state index < -0.39 is 0 Å². The van der Waals surface area contributed by atoms with Crippen LogP contribution < -0.4 is 4.74 Å². The second-order valence-electron chi connectivity index (χ2n) is 5.04. The molecule has 0 aromatic heterocycles. The number of hydrogen-bond acceptors (Lipinski definition) is 6. The molecule has 6 nitrogen and oxygen atoms in total. The van der Waals surface area contributed by atoms with Gasteiger partial charge in [0, 0.05) is 6.61 Å². The predicted octanol–water partition coefficient (Wildman–Crippen LogP) is 2.32. The van der Waals surface area contributed by atoms with Gasteiger partial charge in [0.15, 0.2) is 0 Å². The molecule has 0 unspecified atom stereocenters. The van der Waals surface area contributed by atoms with E-state index in [1.165, 1.54) is 18.4 Å². The SMILES string of the molecule is O/N=C/C(COc1ccc(CCOCC2CC2)cc1)=N\O. The zero-order valence-corrected chi connectivity index (χ0v) is 11.8. The molecule has 114 valence electrons. The van der Waals surface area contributed by atoms with E-state index in [1.807, 2.05) is 24.3 Å². The summed E-state index contributed by atoms with van der Waals surface area (Å²) >= 11 is 0. The van der Waals surface area contributed by atoms with Gasteiger partial charge in [-0.05, 0) is 42.9 Å². The number of oxime groups is 2. The Labute approximate surface area is 123 Å². The van der Waals surface area contributed by atoms with Gasteiger partial charge in [0.2, 0.25) is 0 Å². The zero-order valence-electron chi connectivity index (χ0n) is 11.8. The van der Waals surface area contributed by atoms with E-state index in [4.69, 9.17) is 19.9 Å². The Hall–Kier alpha value is -2.08. The Morgan fingerprint density at radius 3 is 2.62 bits per heavy atom. The van der Waals surface area contributed by atoms with E-state index in [0.29, 0.717) is 5.75 Å². The van der Waals surface area contributed by atoms with Gasteiger partial charge in [-0.15, -0.1) is 0 Å². The van der Waals surface area contributed by atoms with E-state index in [1.54, 1.807) is 0 Å². The van der Waals surface area contributed by atoms with E-state index >= 15 is 0 Å². The first-order valence-electron chi connectivity index (χ1n) is 6.99. The minimum Gasteiger partial charge on any atom is -0.487 e. The summed E-state index contributed by atoms with van der Waals surface area (Å²) in [5.41, 5.74) is 1.32. The fraction of sp³-hybridized carbons (Fsp3) is 0.467. The second-order valence-corrected chi connectivity index (χ2v) is 5.04. The number of nitrogens with zero attached hydrogens (tertiary/aromatic N) is 2. The first-order chi connectivity index (χ1) is 10.3. The third kappa shape index (κ3) is 5.83. The molecule has 21 heavy (non-hydrogen) atoms. The van der Waals surface area contributed by atoms with E-state index in [0.717, 1.165) is 31.8 Å². The van der Waals surface area contributed by atoms with Gasteiger partial charge < -0.3 is 19.9 Å². The summed E-state index contributed by atoms with van der Waals surface area (Å²) < 4.78 is 11.0. The molecule has 1 aliphatic carbocycles. The molecule has 6 heteroatoms. The molecule has 1 saturated carbocycles. The lowest BCUT2D eigenvalue weighted by Gasteiger charge is -2.07. The van der Waals surface area contributed by atoms with Crippen LogP contribution in [-0.4, -0.2) is 42.2 Å². The molecule has 2 rings (SSSR count). The maximum atomic E-state index is 8.63. The highest BCUT2D eigenvalue weighted by molar-refractivity contribution is 6.30. The van der Waals surface area contributed by atoms with Crippen LogP contribution in [0, 0.1) is 5.92 Å². The van der Waals surface area contributed by atoms with Gasteiger partial charge in [-0.3, -0.25) is 0 Å². The molecule has 1 aromatic rings. The molecule has 0 spiro atoms. The summed E-state index contributed by atoms with van der Waals surface area (Å²) in [7, 11) is 0. The van der Waals surface area contributed by atoms with Gasteiger partial charge in [-0.25, -0.2) is 0 Å². The molecule has 0 atom stereocenters. The highest BCUT2D eigenvalue weighted by Crippen LogP contribution is 2.28. The van der Waals surface area contributed by atoms with Crippen LogP contribution in [-0.2, 0) is 11.2 Å². The van der Waals surface area contributed by atoms with Crippen molar-refractivity contribution in [3.05, 3.63) is 29.8 Å². The van der Waals surface area contributed by atoms with Crippen LogP contribution in [0.1, 0.15) is 18.4 Å². The molecule has 0 aliphatic heterocycles. The highest BCUT2D eigenvalue weighted by atomic mass is 16.5. The Kier molecular flexibility index (Phi) is 6.02. The lowest BCUT2D eigenvalue weighted by atomic mass is 10.1. The van der Waals surface area contributed by atoms with E-state index in [9.17, 15) is 0 Å². The monoisotopic (exact) mass is 292 g/mol. The minimum atomic E-state index is 0.0321. The van der Waals surface area contributed by atoms with Crippen LogP contribution in [0.4, 0.5) is 0 Å². The average molecular weight is 292 g/mol. The summed E-state index contributed by atoms with van der Waals surface area (Å²) in [5.74, 6) is 1.45. The number of hydrogen-bond donors (Lipinski definition) is 2. The summed E-state index contributed by atoms with van der Waals surface area (Å²) in [6.07, 6.45) is 4.53. The van der Waals surface area contributed by atoms with Crippen LogP contribution in [0.3, 0.4) is 0 Å². The number of rotatable bonds is 9. The van der Waals surface area contributed by atoms with Gasteiger partial charge in [-0.1, -0.05) is 22.4 Å². The molecule has 1 aliphatic rings. The van der Waals surface area contributed by atoms with Crippen molar-refractivity contribution in [1.82, 2.24) is 0 Å². The topological polar surface area (TPSA) is 83.6 Å². The molecule has 0 amide bonds. The van der Waals surface area contributed by atoms with Crippen molar-refractivity contribution in [3.8, 4) is 5.75 Å². The summed E-state index contributed by atoms with van der Waals surface area (Å²) in [6.45, 7) is 1.66. The van der Waals surface area contributed by atoms with Crippen molar-refractivity contribution >= 4 is 11.9 Å². The van der Waals surface area contributed by atoms with Crippen LogP contribution in [0.25, 0.3) is 0 Å². The molecule has 0 saturated heterocycles. The molecule has 2 N–H and O–H groups in total. The number of benzene rings is 1. The van der Waals surface area contributed by atoms with Crippen LogP contribution >= 0.6 is 0 Å². The van der Waals surface area contributed by atoms with E-state index in [2.05, 4.69) is 10.3 Å². The van der Waals surface area contributed by atoms with Crippen molar-refractivity contribution in [2.75, 3.05) is 19.8 Å². The van der Waals surface area contributed by atoms with Gasteiger partial charge in [0.05, 0.1) is 12.8 Å². The maximum absolute atomic E-state index is 8.63. The Bertz CT molecular complexity index is 481. The maximum Gasteiger partial charge on any atom is 0.138 e. The van der Waals surface area contributed by atoms with Crippen molar-refractivity contribution in [2.45, 2.75) is 19.3 Å². The quantitative estimate of drug-likeness (QED) is 0.317. The van der Waals surface area contributed by atoms with Gasteiger partial charge in [0.1, 0.15) is 18.1 Å². The highest BCUT2D eigenvalue weighted by Gasteiger charge is 2.20. The normalized spacial score (nSPS) is 15.5.